The van der Waals surface area contributed by atoms with Crippen LogP contribution >= 0.6 is 0 Å². The highest BCUT2D eigenvalue weighted by atomic mass is 16.3. The highest BCUT2D eigenvalue weighted by molar-refractivity contribution is 6.25. The molecule has 0 amide bonds. The van der Waals surface area contributed by atoms with Crippen molar-refractivity contribution >= 4 is 76.2 Å². The van der Waals surface area contributed by atoms with Crippen LogP contribution in [0.25, 0.3) is 110 Å². The SMILES string of the molecule is c1ccc(-c2c3ccccc3c(-c3ccc(-c4ccc5oc6c(ccc7ccc8c9ccccc9oc8c76)c5c4)cc3)c3ccccc23)cc1. The number of fused-ring (bicyclic) bond motifs is 11. The maximum absolute atomic E-state index is 6.60. The molecule has 11 aromatic rings. The van der Waals surface area contributed by atoms with Crippen LogP contribution in [0.5, 0.6) is 0 Å². The Kier molecular flexibility index (Phi) is 5.70. The minimum atomic E-state index is 0.868. The molecule has 0 aliphatic heterocycles. The smallest absolute Gasteiger partial charge is 0.147 e. The van der Waals surface area contributed by atoms with Crippen LogP contribution in [-0.2, 0) is 0 Å². The standard InChI is InChI=1S/C48H28O2/c1-2-10-30(11-3-1)44-35-13-4-6-15-37(35)45(38-16-7-5-14-36(38)44)31-20-18-29(19-21-31)33-24-27-43-41(28-33)40-26-23-32-22-25-39-34-12-8-9-17-42(34)49-47(39)46(32)48(40)50-43/h1-28H. The number of hydrogen-bond acceptors (Lipinski definition) is 2. The van der Waals surface area contributed by atoms with Gasteiger partial charge in [0.15, 0.2) is 0 Å². The van der Waals surface area contributed by atoms with Gasteiger partial charge in [-0.15, -0.1) is 0 Å². The summed E-state index contributed by atoms with van der Waals surface area (Å²) in [6, 6.07) is 60.9. The van der Waals surface area contributed by atoms with E-state index in [0.717, 1.165) is 60.2 Å². The van der Waals surface area contributed by atoms with E-state index in [1.807, 2.05) is 12.1 Å². The Hall–Kier alpha value is -6.64. The topological polar surface area (TPSA) is 26.3 Å². The van der Waals surface area contributed by atoms with Crippen molar-refractivity contribution in [2.45, 2.75) is 0 Å². The van der Waals surface area contributed by atoms with Gasteiger partial charge in [0, 0.05) is 21.5 Å². The predicted molar refractivity (Wildman–Crippen MR) is 210 cm³/mol. The third-order valence-electron chi connectivity index (χ3n) is 10.5. The van der Waals surface area contributed by atoms with Crippen LogP contribution in [0.2, 0.25) is 0 Å². The summed E-state index contributed by atoms with van der Waals surface area (Å²) in [4.78, 5) is 0. The van der Waals surface area contributed by atoms with Gasteiger partial charge in [0.1, 0.15) is 22.3 Å². The lowest BCUT2D eigenvalue weighted by molar-refractivity contribution is 0.663. The van der Waals surface area contributed by atoms with Gasteiger partial charge in [0.05, 0.1) is 5.39 Å². The molecular weight excluding hydrogens is 609 g/mol. The zero-order valence-electron chi connectivity index (χ0n) is 27.0. The fourth-order valence-corrected chi connectivity index (χ4v) is 8.18. The van der Waals surface area contributed by atoms with Gasteiger partial charge < -0.3 is 8.83 Å². The van der Waals surface area contributed by atoms with E-state index in [4.69, 9.17) is 8.83 Å². The molecule has 0 N–H and O–H groups in total. The molecule has 0 unspecified atom stereocenters. The summed E-state index contributed by atoms with van der Waals surface area (Å²) in [6.07, 6.45) is 0. The van der Waals surface area contributed by atoms with Crippen molar-refractivity contribution < 1.29 is 8.83 Å². The van der Waals surface area contributed by atoms with Crippen molar-refractivity contribution in [2.24, 2.45) is 0 Å². The lowest BCUT2D eigenvalue weighted by atomic mass is 9.86. The fourth-order valence-electron chi connectivity index (χ4n) is 8.18. The van der Waals surface area contributed by atoms with Crippen molar-refractivity contribution in [1.82, 2.24) is 0 Å². The van der Waals surface area contributed by atoms with Crippen molar-refractivity contribution in [3.63, 3.8) is 0 Å². The quantitative estimate of drug-likeness (QED) is 0.180. The lowest BCUT2D eigenvalue weighted by Crippen LogP contribution is -1.90. The summed E-state index contributed by atoms with van der Waals surface area (Å²) in [7, 11) is 0. The van der Waals surface area contributed by atoms with Crippen LogP contribution in [0.15, 0.2) is 179 Å². The molecular formula is C48H28O2. The van der Waals surface area contributed by atoms with Gasteiger partial charge in [0.2, 0.25) is 0 Å². The second-order valence-corrected chi connectivity index (χ2v) is 13.2. The molecule has 0 aliphatic carbocycles. The van der Waals surface area contributed by atoms with E-state index in [1.54, 1.807) is 0 Å². The Bertz CT molecular complexity index is 3070. The van der Waals surface area contributed by atoms with Crippen LogP contribution < -0.4 is 0 Å². The maximum atomic E-state index is 6.60. The normalized spacial score (nSPS) is 12.0. The molecule has 0 spiro atoms. The predicted octanol–water partition coefficient (Wildman–Crippen LogP) is 13.9. The van der Waals surface area contributed by atoms with E-state index in [0.29, 0.717) is 0 Å². The molecule has 2 heteroatoms. The molecule has 0 radical (unpaired) electrons. The summed E-state index contributed by atoms with van der Waals surface area (Å²) >= 11 is 0. The van der Waals surface area contributed by atoms with Crippen LogP contribution in [0.3, 0.4) is 0 Å². The monoisotopic (exact) mass is 636 g/mol. The van der Waals surface area contributed by atoms with E-state index < -0.39 is 0 Å². The first-order chi connectivity index (χ1) is 24.8. The molecule has 2 heterocycles. The first kappa shape index (κ1) is 27.3. The number of hydrogen-bond donors (Lipinski definition) is 0. The second kappa shape index (κ2) is 10.4. The van der Waals surface area contributed by atoms with Gasteiger partial charge in [-0.2, -0.15) is 0 Å². The van der Waals surface area contributed by atoms with E-state index in [2.05, 4.69) is 158 Å². The average molecular weight is 637 g/mol. The third kappa shape index (κ3) is 3.90. The molecule has 232 valence electrons. The van der Waals surface area contributed by atoms with Gasteiger partial charge in [-0.05, 0) is 90.6 Å². The zero-order valence-corrected chi connectivity index (χ0v) is 27.0. The van der Waals surface area contributed by atoms with Gasteiger partial charge in [-0.1, -0.05) is 140 Å². The van der Waals surface area contributed by atoms with Crippen LogP contribution in [0.1, 0.15) is 0 Å². The Balaban J connectivity index is 1.06. The number of benzene rings is 9. The molecule has 0 saturated carbocycles. The Morgan fingerprint density at radius 3 is 1.36 bits per heavy atom. The van der Waals surface area contributed by atoms with Crippen molar-refractivity contribution in [1.29, 1.82) is 0 Å². The summed E-state index contributed by atoms with van der Waals surface area (Å²) in [6.45, 7) is 0. The molecule has 0 aliphatic rings. The van der Waals surface area contributed by atoms with Gasteiger partial charge in [-0.3, -0.25) is 0 Å². The summed E-state index contributed by atoms with van der Waals surface area (Å²) < 4.78 is 13.0. The summed E-state index contributed by atoms with van der Waals surface area (Å²) in [5, 5.41) is 11.6. The Labute approximate surface area is 287 Å². The van der Waals surface area contributed by atoms with Crippen LogP contribution in [0, 0.1) is 0 Å². The molecule has 0 saturated heterocycles. The molecule has 2 aromatic heterocycles. The van der Waals surface area contributed by atoms with E-state index in [-0.39, 0.29) is 0 Å². The number of rotatable bonds is 3. The first-order valence-corrected chi connectivity index (χ1v) is 17.1. The Morgan fingerprint density at radius 1 is 0.280 bits per heavy atom. The van der Waals surface area contributed by atoms with Crippen molar-refractivity contribution in [3.8, 4) is 33.4 Å². The third-order valence-corrected chi connectivity index (χ3v) is 10.5. The highest BCUT2D eigenvalue weighted by Gasteiger charge is 2.19. The highest BCUT2D eigenvalue weighted by Crippen LogP contribution is 2.45. The molecule has 0 bridgehead atoms. The fraction of sp³-hybridized carbons (Fsp3) is 0. The maximum Gasteiger partial charge on any atom is 0.147 e. The minimum Gasteiger partial charge on any atom is -0.455 e. The molecule has 50 heavy (non-hydrogen) atoms. The van der Waals surface area contributed by atoms with Crippen molar-refractivity contribution in [3.05, 3.63) is 170 Å². The van der Waals surface area contributed by atoms with E-state index >= 15 is 0 Å². The van der Waals surface area contributed by atoms with Crippen LogP contribution in [0.4, 0.5) is 0 Å². The molecule has 0 fully saturated rings. The van der Waals surface area contributed by atoms with Crippen molar-refractivity contribution in [2.75, 3.05) is 0 Å². The van der Waals surface area contributed by atoms with E-state index in [1.165, 1.54) is 49.4 Å². The average Bonchev–Trinajstić information content (AvgIpc) is 3.75. The van der Waals surface area contributed by atoms with Gasteiger partial charge >= 0.3 is 0 Å². The summed E-state index contributed by atoms with van der Waals surface area (Å²) in [5.74, 6) is 0. The lowest BCUT2D eigenvalue weighted by Gasteiger charge is -2.18. The summed E-state index contributed by atoms with van der Waals surface area (Å²) in [5.41, 5.74) is 10.8. The number of furan rings is 2. The van der Waals surface area contributed by atoms with E-state index in [9.17, 15) is 0 Å². The van der Waals surface area contributed by atoms with Crippen LogP contribution in [-0.4, -0.2) is 0 Å². The largest absolute Gasteiger partial charge is 0.455 e. The molecule has 2 nitrogen and oxygen atoms in total. The first-order valence-electron chi connectivity index (χ1n) is 17.1. The molecule has 11 rings (SSSR count). The van der Waals surface area contributed by atoms with Gasteiger partial charge in [-0.25, -0.2) is 0 Å². The molecule has 9 aromatic carbocycles. The second-order valence-electron chi connectivity index (χ2n) is 13.2. The molecule has 0 atom stereocenters. The minimum absolute atomic E-state index is 0.868. The zero-order chi connectivity index (χ0) is 32.8. The Morgan fingerprint density at radius 2 is 0.740 bits per heavy atom. The number of para-hydroxylation sites is 1. The van der Waals surface area contributed by atoms with Gasteiger partial charge in [0.25, 0.3) is 0 Å².